The van der Waals surface area contributed by atoms with Gasteiger partial charge in [-0.3, -0.25) is 0 Å². The molecule has 0 fully saturated rings. The summed E-state index contributed by atoms with van der Waals surface area (Å²) in [7, 11) is 0. The first kappa shape index (κ1) is 16.9. The van der Waals surface area contributed by atoms with E-state index >= 15 is 0 Å². The second kappa shape index (κ2) is 7.38. The van der Waals surface area contributed by atoms with Crippen molar-refractivity contribution in [3.8, 4) is 0 Å². The van der Waals surface area contributed by atoms with Gasteiger partial charge in [0.1, 0.15) is 0 Å². The molecule has 0 bridgehead atoms. The minimum absolute atomic E-state index is 0.0742. The first-order valence-electron chi connectivity index (χ1n) is 7.10. The molecule has 0 aromatic carbocycles. The predicted octanol–water partition coefficient (Wildman–Crippen LogP) is 4.00. The Morgan fingerprint density at radius 1 is 1.06 bits per heavy atom. The molecule has 0 aromatic rings. The van der Waals surface area contributed by atoms with Crippen LogP contribution in [0.15, 0.2) is 0 Å². The highest BCUT2D eigenvalue weighted by molar-refractivity contribution is 4.86. The fraction of sp³-hybridized carbons (Fsp3) is 1.00. The summed E-state index contributed by atoms with van der Waals surface area (Å²) in [6, 6.07) is 0.446. The highest BCUT2D eigenvalue weighted by Crippen LogP contribution is 2.26. The summed E-state index contributed by atoms with van der Waals surface area (Å²) >= 11 is 0. The van der Waals surface area contributed by atoms with Crippen molar-refractivity contribution in [3.05, 3.63) is 0 Å². The van der Waals surface area contributed by atoms with E-state index in [0.29, 0.717) is 11.5 Å². The van der Waals surface area contributed by atoms with Crippen molar-refractivity contribution in [2.75, 3.05) is 13.2 Å². The van der Waals surface area contributed by atoms with Gasteiger partial charge in [0.2, 0.25) is 0 Å². The topological polar surface area (TPSA) is 21.3 Å². The highest BCUT2D eigenvalue weighted by atomic mass is 16.5. The lowest BCUT2D eigenvalue weighted by atomic mass is 9.84. The number of nitrogens with one attached hydrogen (secondary N) is 1. The molecule has 0 aromatic heterocycles. The highest BCUT2D eigenvalue weighted by Gasteiger charge is 2.30. The third-order valence-electron chi connectivity index (χ3n) is 3.18. The van der Waals surface area contributed by atoms with E-state index in [0.717, 1.165) is 13.2 Å². The van der Waals surface area contributed by atoms with Crippen LogP contribution in [0.5, 0.6) is 0 Å². The van der Waals surface area contributed by atoms with Crippen molar-refractivity contribution in [2.45, 2.75) is 79.4 Å². The van der Waals surface area contributed by atoms with Gasteiger partial charge in [0.05, 0.1) is 5.60 Å². The Kier molecular flexibility index (Phi) is 7.34. The molecule has 104 valence electrons. The third kappa shape index (κ3) is 7.77. The van der Waals surface area contributed by atoms with Crippen molar-refractivity contribution in [3.63, 3.8) is 0 Å². The van der Waals surface area contributed by atoms with Gasteiger partial charge in [0.15, 0.2) is 0 Å². The predicted molar refractivity (Wildman–Crippen MR) is 76.5 cm³/mol. The van der Waals surface area contributed by atoms with Crippen LogP contribution < -0.4 is 5.32 Å². The van der Waals surface area contributed by atoms with Crippen LogP contribution in [0.3, 0.4) is 0 Å². The summed E-state index contributed by atoms with van der Waals surface area (Å²) in [5.41, 5.74) is 0.323. The van der Waals surface area contributed by atoms with E-state index in [4.69, 9.17) is 4.74 Å². The van der Waals surface area contributed by atoms with Crippen molar-refractivity contribution < 1.29 is 4.74 Å². The lowest BCUT2D eigenvalue weighted by Crippen LogP contribution is -2.49. The maximum absolute atomic E-state index is 5.89. The largest absolute Gasteiger partial charge is 0.374 e. The number of hydrogen-bond donors (Lipinski definition) is 1. The fourth-order valence-electron chi connectivity index (χ4n) is 2.06. The second-order valence-corrected chi connectivity index (χ2v) is 6.64. The van der Waals surface area contributed by atoms with Crippen molar-refractivity contribution in [1.82, 2.24) is 5.32 Å². The van der Waals surface area contributed by atoms with E-state index in [1.165, 1.54) is 19.3 Å². The van der Waals surface area contributed by atoms with Crippen LogP contribution in [0.4, 0.5) is 0 Å². The molecular formula is C15H33NO. The summed E-state index contributed by atoms with van der Waals surface area (Å²) in [5, 5.41) is 3.64. The molecule has 2 heteroatoms. The molecule has 0 radical (unpaired) electrons. The Morgan fingerprint density at radius 2 is 1.65 bits per heavy atom. The van der Waals surface area contributed by atoms with Crippen molar-refractivity contribution >= 4 is 0 Å². The minimum Gasteiger partial charge on any atom is -0.374 e. The van der Waals surface area contributed by atoms with Crippen LogP contribution in [-0.4, -0.2) is 24.8 Å². The van der Waals surface area contributed by atoms with Gasteiger partial charge in [0, 0.05) is 12.6 Å². The van der Waals surface area contributed by atoms with E-state index in [2.05, 4.69) is 53.8 Å². The Labute approximate surface area is 109 Å². The van der Waals surface area contributed by atoms with E-state index < -0.39 is 0 Å². The standard InChI is InChI=1S/C15H33NO/c1-8-12-16-13(10-11-14(3,4)5)15(6,7)17-9-2/h13,16H,8-12H2,1-7H3. The molecule has 0 aliphatic carbocycles. The summed E-state index contributed by atoms with van der Waals surface area (Å²) in [6.07, 6.45) is 3.58. The molecule has 0 aliphatic rings. The molecule has 0 saturated heterocycles. The van der Waals surface area contributed by atoms with Gasteiger partial charge >= 0.3 is 0 Å². The zero-order valence-corrected chi connectivity index (χ0v) is 13.0. The molecular weight excluding hydrogens is 210 g/mol. The van der Waals surface area contributed by atoms with Gasteiger partial charge in [-0.1, -0.05) is 27.7 Å². The molecule has 1 atom stereocenters. The summed E-state index contributed by atoms with van der Waals surface area (Å²) < 4.78 is 5.89. The zero-order valence-electron chi connectivity index (χ0n) is 13.0. The maximum atomic E-state index is 5.89. The SMILES string of the molecule is CCCNC(CCC(C)(C)C)C(C)(C)OCC. The average Bonchev–Trinajstić information content (AvgIpc) is 2.15. The molecule has 0 heterocycles. The molecule has 1 N–H and O–H groups in total. The van der Waals surface area contributed by atoms with Gasteiger partial charge in [-0.2, -0.15) is 0 Å². The van der Waals surface area contributed by atoms with E-state index in [1.807, 2.05) is 0 Å². The molecule has 1 unspecified atom stereocenters. The fourth-order valence-corrected chi connectivity index (χ4v) is 2.06. The maximum Gasteiger partial charge on any atom is 0.0778 e. The van der Waals surface area contributed by atoms with Crippen LogP contribution in [0.2, 0.25) is 0 Å². The van der Waals surface area contributed by atoms with Gasteiger partial charge in [-0.05, 0) is 52.0 Å². The van der Waals surface area contributed by atoms with E-state index in [-0.39, 0.29) is 5.60 Å². The number of hydrogen-bond acceptors (Lipinski definition) is 2. The zero-order chi connectivity index (χ0) is 13.5. The molecule has 17 heavy (non-hydrogen) atoms. The normalized spacial score (nSPS) is 15.0. The Morgan fingerprint density at radius 3 is 2.06 bits per heavy atom. The van der Waals surface area contributed by atoms with Crippen LogP contribution in [0.1, 0.15) is 67.7 Å². The van der Waals surface area contributed by atoms with Crippen LogP contribution >= 0.6 is 0 Å². The van der Waals surface area contributed by atoms with Gasteiger partial charge < -0.3 is 10.1 Å². The monoisotopic (exact) mass is 243 g/mol. The van der Waals surface area contributed by atoms with Gasteiger partial charge in [-0.15, -0.1) is 0 Å². The van der Waals surface area contributed by atoms with Crippen LogP contribution in [0, 0.1) is 5.41 Å². The summed E-state index contributed by atoms with van der Waals surface area (Å²) in [5.74, 6) is 0. The van der Waals surface area contributed by atoms with Crippen LogP contribution in [-0.2, 0) is 4.74 Å². The number of ether oxygens (including phenoxy) is 1. The average molecular weight is 243 g/mol. The molecule has 0 amide bonds. The third-order valence-corrected chi connectivity index (χ3v) is 3.18. The smallest absolute Gasteiger partial charge is 0.0778 e. The van der Waals surface area contributed by atoms with Crippen molar-refractivity contribution in [2.24, 2.45) is 5.41 Å². The van der Waals surface area contributed by atoms with Gasteiger partial charge in [-0.25, -0.2) is 0 Å². The first-order chi connectivity index (χ1) is 7.73. The minimum atomic E-state index is -0.0742. The molecule has 0 rings (SSSR count). The molecule has 0 spiro atoms. The molecule has 0 saturated carbocycles. The Hall–Kier alpha value is -0.0800. The second-order valence-electron chi connectivity index (χ2n) is 6.64. The summed E-state index contributed by atoms with van der Waals surface area (Å²) in [4.78, 5) is 0. The van der Waals surface area contributed by atoms with Crippen LogP contribution in [0.25, 0.3) is 0 Å². The Balaban J connectivity index is 4.41. The molecule has 0 aliphatic heterocycles. The Bertz CT molecular complexity index is 194. The summed E-state index contributed by atoms with van der Waals surface area (Å²) in [6.45, 7) is 17.5. The van der Waals surface area contributed by atoms with E-state index in [9.17, 15) is 0 Å². The lowest BCUT2D eigenvalue weighted by molar-refractivity contribution is -0.0420. The number of rotatable bonds is 8. The van der Waals surface area contributed by atoms with Gasteiger partial charge in [0.25, 0.3) is 0 Å². The lowest BCUT2D eigenvalue weighted by Gasteiger charge is -2.36. The quantitative estimate of drug-likeness (QED) is 0.696. The van der Waals surface area contributed by atoms with E-state index in [1.54, 1.807) is 0 Å². The first-order valence-corrected chi connectivity index (χ1v) is 7.10. The molecule has 2 nitrogen and oxygen atoms in total. The van der Waals surface area contributed by atoms with Crippen molar-refractivity contribution in [1.29, 1.82) is 0 Å².